The summed E-state index contributed by atoms with van der Waals surface area (Å²) in [5.74, 6) is 0.685. The lowest BCUT2D eigenvalue weighted by Gasteiger charge is -2.30. The van der Waals surface area contributed by atoms with Crippen LogP contribution in [0.4, 0.5) is 5.69 Å². The number of rotatable bonds is 5. The summed E-state index contributed by atoms with van der Waals surface area (Å²) < 4.78 is 29.8. The van der Waals surface area contributed by atoms with Crippen molar-refractivity contribution < 1.29 is 13.2 Å². The molecule has 1 saturated heterocycles. The number of thiazole rings is 1. The Morgan fingerprint density at radius 2 is 1.85 bits per heavy atom. The maximum Gasteiger partial charge on any atom is 0.271 e. The maximum absolute atomic E-state index is 13.1. The molecule has 0 spiro atoms. The quantitative estimate of drug-likeness (QED) is 0.447. The zero-order valence-electron chi connectivity index (χ0n) is 18.1. The number of carbonyl (C=O) groups is 1. The highest BCUT2D eigenvalue weighted by molar-refractivity contribution is 7.92. The van der Waals surface area contributed by atoms with E-state index in [-0.39, 0.29) is 10.8 Å². The Balaban J connectivity index is 1.41. The van der Waals surface area contributed by atoms with Crippen molar-refractivity contribution in [3.8, 4) is 11.3 Å². The predicted molar refractivity (Wildman–Crippen MR) is 130 cm³/mol. The van der Waals surface area contributed by atoms with Gasteiger partial charge in [-0.15, -0.1) is 11.3 Å². The Labute approximate surface area is 196 Å². The molecule has 1 amide bonds. The first kappa shape index (κ1) is 21.7. The molecule has 1 N–H and O–H groups in total. The second kappa shape index (κ2) is 8.64. The molecule has 7 nitrogen and oxygen atoms in total. The highest BCUT2D eigenvalue weighted by Gasteiger charge is 2.24. The van der Waals surface area contributed by atoms with Crippen LogP contribution >= 0.6 is 11.3 Å². The van der Waals surface area contributed by atoms with E-state index >= 15 is 0 Å². The summed E-state index contributed by atoms with van der Waals surface area (Å²) in [6.45, 7) is 3.78. The Hall–Kier alpha value is -3.17. The van der Waals surface area contributed by atoms with Gasteiger partial charge in [-0.3, -0.25) is 13.9 Å². The van der Waals surface area contributed by atoms with Crippen LogP contribution in [-0.2, 0) is 10.0 Å². The van der Waals surface area contributed by atoms with Gasteiger partial charge in [-0.25, -0.2) is 13.4 Å². The van der Waals surface area contributed by atoms with Gasteiger partial charge in [-0.1, -0.05) is 37.3 Å². The molecule has 2 aromatic heterocycles. The molecule has 4 aromatic rings. The van der Waals surface area contributed by atoms with Crippen molar-refractivity contribution in [3.63, 3.8) is 0 Å². The molecule has 3 heterocycles. The van der Waals surface area contributed by atoms with Crippen LogP contribution in [0.25, 0.3) is 16.2 Å². The Morgan fingerprint density at radius 3 is 2.61 bits per heavy atom. The fourth-order valence-corrected chi connectivity index (χ4v) is 5.92. The van der Waals surface area contributed by atoms with Crippen molar-refractivity contribution in [3.05, 3.63) is 71.9 Å². The molecule has 0 bridgehead atoms. The van der Waals surface area contributed by atoms with E-state index in [0.29, 0.717) is 23.0 Å². The molecule has 0 saturated carbocycles. The van der Waals surface area contributed by atoms with E-state index in [1.54, 1.807) is 48.5 Å². The Bertz CT molecular complexity index is 1400. The van der Waals surface area contributed by atoms with Crippen LogP contribution in [0.5, 0.6) is 0 Å². The molecule has 0 unspecified atom stereocenters. The molecule has 2 aromatic carbocycles. The van der Waals surface area contributed by atoms with Crippen LogP contribution in [-0.4, -0.2) is 41.7 Å². The Kier molecular flexibility index (Phi) is 5.67. The summed E-state index contributed by atoms with van der Waals surface area (Å²) in [7, 11) is -3.68. The second-order valence-corrected chi connectivity index (χ2v) is 10.9. The monoisotopic (exact) mass is 480 g/mol. The van der Waals surface area contributed by atoms with Crippen molar-refractivity contribution in [2.75, 3.05) is 17.8 Å². The summed E-state index contributed by atoms with van der Waals surface area (Å²) in [6, 6.07) is 15.4. The van der Waals surface area contributed by atoms with Gasteiger partial charge in [-0.2, -0.15) is 0 Å². The SMILES string of the molecule is CC1CCN(C(=O)c2csc3nc(-c4cccc(NS(=O)(=O)c5ccccc5)c4)cn23)CC1. The number of piperidine rings is 1. The smallest absolute Gasteiger partial charge is 0.271 e. The van der Waals surface area contributed by atoms with Gasteiger partial charge in [0.05, 0.1) is 10.6 Å². The minimum Gasteiger partial charge on any atom is -0.337 e. The van der Waals surface area contributed by atoms with Gasteiger partial charge in [0.25, 0.3) is 15.9 Å². The predicted octanol–water partition coefficient (Wildman–Crippen LogP) is 4.74. The van der Waals surface area contributed by atoms with Crippen LogP contribution in [0.1, 0.15) is 30.3 Å². The van der Waals surface area contributed by atoms with Crippen LogP contribution in [0.2, 0.25) is 0 Å². The molecular formula is C24H24N4O3S2. The number of nitrogens with zero attached hydrogens (tertiary/aromatic N) is 3. The first-order chi connectivity index (χ1) is 15.9. The molecule has 170 valence electrons. The zero-order valence-corrected chi connectivity index (χ0v) is 19.8. The van der Waals surface area contributed by atoms with Gasteiger partial charge in [-0.05, 0) is 43.0 Å². The maximum atomic E-state index is 13.1. The number of benzene rings is 2. The number of carbonyl (C=O) groups excluding carboxylic acids is 1. The molecule has 33 heavy (non-hydrogen) atoms. The first-order valence-corrected chi connectivity index (χ1v) is 13.2. The highest BCUT2D eigenvalue weighted by Crippen LogP contribution is 2.28. The van der Waals surface area contributed by atoms with Crippen molar-refractivity contribution in [2.45, 2.75) is 24.7 Å². The molecule has 0 atom stereocenters. The van der Waals surface area contributed by atoms with E-state index in [9.17, 15) is 13.2 Å². The molecule has 1 aliphatic rings. The normalized spacial score (nSPS) is 15.1. The van der Waals surface area contributed by atoms with Crippen molar-refractivity contribution >= 4 is 37.9 Å². The summed E-state index contributed by atoms with van der Waals surface area (Å²) >= 11 is 1.43. The molecule has 9 heteroatoms. The molecular weight excluding hydrogens is 456 g/mol. The molecule has 1 aliphatic heterocycles. The van der Waals surface area contributed by atoms with Crippen LogP contribution < -0.4 is 4.72 Å². The number of anilines is 1. The molecule has 0 radical (unpaired) electrons. The van der Waals surface area contributed by atoms with Crippen LogP contribution in [0.3, 0.4) is 0 Å². The number of likely N-dealkylation sites (tertiary alicyclic amines) is 1. The summed E-state index contributed by atoms with van der Waals surface area (Å²) in [5.41, 5.74) is 2.52. The van der Waals surface area contributed by atoms with Crippen molar-refractivity contribution in [2.24, 2.45) is 5.92 Å². The second-order valence-electron chi connectivity index (χ2n) is 8.37. The molecule has 5 rings (SSSR count). The largest absolute Gasteiger partial charge is 0.337 e. The van der Waals surface area contributed by atoms with Gasteiger partial charge in [0.1, 0.15) is 5.69 Å². The van der Waals surface area contributed by atoms with E-state index in [2.05, 4.69) is 16.6 Å². The first-order valence-electron chi connectivity index (χ1n) is 10.8. The number of aromatic nitrogens is 2. The lowest BCUT2D eigenvalue weighted by Crippen LogP contribution is -2.38. The average Bonchev–Trinajstić information content (AvgIpc) is 3.41. The van der Waals surface area contributed by atoms with Crippen LogP contribution in [0.15, 0.2) is 71.1 Å². The van der Waals surface area contributed by atoms with E-state index in [1.807, 2.05) is 26.9 Å². The Morgan fingerprint density at radius 1 is 1.09 bits per heavy atom. The lowest BCUT2D eigenvalue weighted by atomic mass is 9.99. The number of nitrogens with one attached hydrogen (secondary N) is 1. The third-order valence-corrected chi connectivity index (χ3v) is 8.20. The van der Waals surface area contributed by atoms with Gasteiger partial charge < -0.3 is 4.90 Å². The fraction of sp³-hybridized carbons (Fsp3) is 0.250. The molecule has 1 fully saturated rings. The van der Waals surface area contributed by atoms with E-state index in [4.69, 9.17) is 0 Å². The van der Waals surface area contributed by atoms with Crippen molar-refractivity contribution in [1.29, 1.82) is 0 Å². The summed E-state index contributed by atoms with van der Waals surface area (Å²) in [6.07, 6.45) is 3.90. The van der Waals surface area contributed by atoms with Gasteiger partial charge >= 0.3 is 0 Å². The van der Waals surface area contributed by atoms with E-state index in [0.717, 1.165) is 36.5 Å². The van der Waals surface area contributed by atoms with Crippen molar-refractivity contribution in [1.82, 2.24) is 14.3 Å². The number of amides is 1. The fourth-order valence-electron chi connectivity index (χ4n) is 4.01. The van der Waals surface area contributed by atoms with E-state index < -0.39 is 10.0 Å². The number of sulfonamides is 1. The summed E-state index contributed by atoms with van der Waals surface area (Å²) in [4.78, 5) is 20.6. The third kappa shape index (κ3) is 4.38. The van der Waals surface area contributed by atoms with Gasteiger partial charge in [0.2, 0.25) is 0 Å². The third-order valence-electron chi connectivity index (χ3n) is 5.96. The standard InChI is InChI=1S/C24H24N4O3S2/c1-17-10-12-27(13-11-17)23(29)22-16-32-24-25-21(15-28(22)24)18-6-5-7-19(14-18)26-33(30,31)20-8-3-2-4-9-20/h2-9,14-17,26H,10-13H2,1H3. The lowest BCUT2D eigenvalue weighted by molar-refractivity contribution is 0.0690. The number of hydrogen-bond acceptors (Lipinski definition) is 5. The van der Waals surface area contributed by atoms with Gasteiger partial charge in [0, 0.05) is 35.9 Å². The number of fused-ring (bicyclic) bond motifs is 1. The van der Waals surface area contributed by atoms with E-state index in [1.165, 1.54) is 11.3 Å². The number of hydrogen-bond donors (Lipinski definition) is 1. The minimum absolute atomic E-state index is 0.0291. The topological polar surface area (TPSA) is 83.8 Å². The zero-order chi connectivity index (χ0) is 23.0. The number of imidazole rings is 1. The van der Waals surface area contributed by atoms with Gasteiger partial charge in [0.15, 0.2) is 4.96 Å². The van der Waals surface area contributed by atoms with Crippen LogP contribution in [0, 0.1) is 5.92 Å². The average molecular weight is 481 g/mol. The summed E-state index contributed by atoms with van der Waals surface area (Å²) in [5, 5.41) is 1.86. The highest BCUT2D eigenvalue weighted by atomic mass is 32.2. The molecule has 0 aliphatic carbocycles. The minimum atomic E-state index is -3.68.